The maximum Gasteiger partial charge on any atom is 0.408 e. The predicted molar refractivity (Wildman–Crippen MR) is 130 cm³/mol. The third kappa shape index (κ3) is 5.93. The van der Waals surface area contributed by atoms with Crippen LogP contribution in [0.25, 0.3) is 0 Å². The number of ether oxygens (including phenoxy) is 2. The summed E-state index contributed by atoms with van der Waals surface area (Å²) in [4.78, 5) is 38.6. The summed E-state index contributed by atoms with van der Waals surface area (Å²) in [6, 6.07) is 16.0. The third-order valence-corrected chi connectivity index (χ3v) is 6.88. The lowest BCUT2D eigenvalue weighted by Gasteiger charge is -2.42. The first-order chi connectivity index (χ1) is 16.8. The molecule has 1 saturated carbocycles. The molecule has 35 heavy (non-hydrogen) atoms. The minimum absolute atomic E-state index is 0.0696. The van der Waals surface area contributed by atoms with E-state index < -0.39 is 29.8 Å². The standard InChI is InChI=1S/C27H33N3O5/c1-18-10-9-15-21(16-18)35-24-22(23(31)29-24)28-25(32)27(2,20-13-7-4-8-14-20)30-26(33)34-17-19-11-5-3-6-12-19/h3,5-6,9-12,15-16,20,22,24H,4,7-8,13-14,17H2,1-2H3,(H,28,32)(H,29,31)(H,30,33)/t22-,24-,27+/m1/s1. The van der Waals surface area contributed by atoms with E-state index in [0.717, 1.165) is 43.2 Å². The molecule has 0 aromatic heterocycles. The molecule has 8 heteroatoms. The quantitative estimate of drug-likeness (QED) is 0.502. The molecule has 8 nitrogen and oxygen atoms in total. The van der Waals surface area contributed by atoms with Gasteiger partial charge in [0.05, 0.1) is 0 Å². The van der Waals surface area contributed by atoms with E-state index in [1.165, 1.54) is 0 Å². The Bertz CT molecular complexity index is 1050. The van der Waals surface area contributed by atoms with Crippen molar-refractivity contribution in [2.75, 3.05) is 0 Å². The molecule has 3 amide bonds. The van der Waals surface area contributed by atoms with Gasteiger partial charge in [0, 0.05) is 0 Å². The fourth-order valence-electron chi connectivity index (χ4n) is 4.72. The van der Waals surface area contributed by atoms with Crippen molar-refractivity contribution in [3.63, 3.8) is 0 Å². The number of carbonyl (C=O) groups excluding carboxylic acids is 3. The Kier molecular flexibility index (Phi) is 7.58. The van der Waals surface area contributed by atoms with Crippen molar-refractivity contribution in [2.24, 2.45) is 5.92 Å². The second-order valence-electron chi connectivity index (χ2n) is 9.54. The van der Waals surface area contributed by atoms with E-state index >= 15 is 0 Å². The summed E-state index contributed by atoms with van der Waals surface area (Å²) < 4.78 is 11.3. The molecule has 1 heterocycles. The summed E-state index contributed by atoms with van der Waals surface area (Å²) in [7, 11) is 0. The van der Waals surface area contributed by atoms with Gasteiger partial charge < -0.3 is 25.4 Å². The average molecular weight is 480 g/mol. The van der Waals surface area contributed by atoms with Crippen LogP contribution in [0.5, 0.6) is 5.75 Å². The van der Waals surface area contributed by atoms with Crippen molar-refractivity contribution in [3.05, 3.63) is 65.7 Å². The molecule has 2 aromatic rings. The summed E-state index contributed by atoms with van der Waals surface area (Å²) in [6.45, 7) is 3.77. The maximum absolute atomic E-state index is 13.6. The Morgan fingerprint density at radius 2 is 1.80 bits per heavy atom. The van der Waals surface area contributed by atoms with Gasteiger partial charge in [0.2, 0.25) is 12.1 Å². The molecule has 0 radical (unpaired) electrons. The van der Waals surface area contributed by atoms with E-state index in [1.54, 1.807) is 13.0 Å². The summed E-state index contributed by atoms with van der Waals surface area (Å²) in [5.41, 5.74) is 0.656. The fraction of sp³-hybridized carbons (Fsp3) is 0.444. The average Bonchev–Trinajstić information content (AvgIpc) is 2.87. The molecule has 1 aliphatic carbocycles. The fourth-order valence-corrected chi connectivity index (χ4v) is 4.72. The zero-order valence-corrected chi connectivity index (χ0v) is 20.2. The predicted octanol–water partition coefficient (Wildman–Crippen LogP) is 3.58. The number of hydrogen-bond donors (Lipinski definition) is 3. The molecule has 0 unspecified atom stereocenters. The maximum atomic E-state index is 13.6. The number of rotatable bonds is 8. The molecule has 2 aromatic carbocycles. The number of aryl methyl sites for hydroxylation is 1. The Balaban J connectivity index is 1.43. The van der Waals surface area contributed by atoms with Crippen LogP contribution in [0.1, 0.15) is 50.2 Å². The van der Waals surface area contributed by atoms with Crippen molar-refractivity contribution >= 4 is 17.9 Å². The van der Waals surface area contributed by atoms with Crippen LogP contribution in [0.15, 0.2) is 54.6 Å². The van der Waals surface area contributed by atoms with E-state index in [4.69, 9.17) is 9.47 Å². The van der Waals surface area contributed by atoms with E-state index in [2.05, 4.69) is 16.0 Å². The van der Waals surface area contributed by atoms with Crippen molar-refractivity contribution < 1.29 is 23.9 Å². The minimum atomic E-state index is -1.22. The van der Waals surface area contributed by atoms with E-state index in [0.29, 0.717) is 5.75 Å². The Hall–Kier alpha value is -3.55. The smallest absolute Gasteiger partial charge is 0.408 e. The topological polar surface area (TPSA) is 106 Å². The van der Waals surface area contributed by atoms with Crippen molar-refractivity contribution in [1.82, 2.24) is 16.0 Å². The minimum Gasteiger partial charge on any atom is -0.468 e. The first kappa shape index (κ1) is 24.6. The van der Waals surface area contributed by atoms with Gasteiger partial charge in [-0.05, 0) is 55.9 Å². The second-order valence-corrected chi connectivity index (χ2v) is 9.54. The Morgan fingerprint density at radius 1 is 1.06 bits per heavy atom. The molecule has 186 valence electrons. The van der Waals surface area contributed by atoms with Gasteiger partial charge in [0.1, 0.15) is 17.9 Å². The molecule has 0 spiro atoms. The Labute approximate surface area is 205 Å². The van der Waals surface area contributed by atoms with Gasteiger partial charge in [-0.25, -0.2) is 4.79 Å². The number of β-lactam (4-membered cyclic amide) rings is 1. The molecule has 1 saturated heterocycles. The van der Waals surface area contributed by atoms with E-state index in [1.807, 2.05) is 55.5 Å². The van der Waals surface area contributed by atoms with Crippen LogP contribution < -0.4 is 20.7 Å². The highest BCUT2D eigenvalue weighted by Gasteiger charge is 2.49. The van der Waals surface area contributed by atoms with Gasteiger partial charge in [-0.1, -0.05) is 61.7 Å². The van der Waals surface area contributed by atoms with Crippen LogP contribution in [0.3, 0.4) is 0 Å². The van der Waals surface area contributed by atoms with E-state index in [-0.39, 0.29) is 18.4 Å². The lowest BCUT2D eigenvalue weighted by atomic mass is 9.75. The molecule has 0 bridgehead atoms. The molecular weight excluding hydrogens is 446 g/mol. The van der Waals surface area contributed by atoms with Crippen LogP contribution in [0.4, 0.5) is 4.79 Å². The van der Waals surface area contributed by atoms with Gasteiger partial charge in [-0.3, -0.25) is 9.59 Å². The monoisotopic (exact) mass is 479 g/mol. The number of benzene rings is 2. The highest BCUT2D eigenvalue weighted by molar-refractivity contribution is 5.97. The molecular formula is C27H33N3O5. The summed E-state index contributed by atoms with van der Waals surface area (Å²) in [5.74, 6) is -0.209. The number of nitrogens with one attached hydrogen (secondary N) is 3. The van der Waals surface area contributed by atoms with Crippen LogP contribution in [-0.4, -0.2) is 35.7 Å². The molecule has 4 rings (SSSR count). The van der Waals surface area contributed by atoms with Crippen LogP contribution in [0.2, 0.25) is 0 Å². The third-order valence-electron chi connectivity index (χ3n) is 6.88. The first-order valence-electron chi connectivity index (χ1n) is 12.2. The van der Waals surface area contributed by atoms with Gasteiger partial charge >= 0.3 is 6.09 Å². The Morgan fingerprint density at radius 3 is 2.49 bits per heavy atom. The first-order valence-corrected chi connectivity index (χ1v) is 12.2. The lowest BCUT2D eigenvalue weighted by Crippen LogP contribution is -2.74. The highest BCUT2D eigenvalue weighted by Crippen LogP contribution is 2.33. The summed E-state index contributed by atoms with van der Waals surface area (Å²) >= 11 is 0. The molecule has 1 aliphatic heterocycles. The number of hydrogen-bond acceptors (Lipinski definition) is 5. The van der Waals surface area contributed by atoms with E-state index in [9.17, 15) is 14.4 Å². The van der Waals surface area contributed by atoms with Crippen molar-refractivity contribution in [3.8, 4) is 5.75 Å². The number of amides is 3. The molecule has 3 N–H and O–H groups in total. The zero-order chi connectivity index (χ0) is 24.8. The normalized spacial score (nSPS) is 21.6. The van der Waals surface area contributed by atoms with Gasteiger partial charge in [-0.15, -0.1) is 0 Å². The van der Waals surface area contributed by atoms with Crippen LogP contribution >= 0.6 is 0 Å². The zero-order valence-electron chi connectivity index (χ0n) is 20.2. The summed E-state index contributed by atoms with van der Waals surface area (Å²) in [6.07, 6.45) is 3.33. The second kappa shape index (κ2) is 10.8. The van der Waals surface area contributed by atoms with Crippen molar-refractivity contribution in [1.29, 1.82) is 0 Å². The molecule has 2 fully saturated rings. The number of carbonyl (C=O) groups is 3. The van der Waals surface area contributed by atoms with Gasteiger partial charge in [0.25, 0.3) is 5.91 Å². The van der Waals surface area contributed by atoms with Crippen LogP contribution in [-0.2, 0) is 20.9 Å². The highest BCUT2D eigenvalue weighted by atomic mass is 16.5. The largest absolute Gasteiger partial charge is 0.468 e. The van der Waals surface area contributed by atoms with Gasteiger partial charge in [-0.2, -0.15) is 0 Å². The van der Waals surface area contributed by atoms with Gasteiger partial charge in [0.15, 0.2) is 6.04 Å². The molecule has 2 aliphatic rings. The SMILES string of the molecule is Cc1cccc(O[C@H]2NC(=O)[C@H]2NC(=O)[C@@](C)(NC(=O)OCc2ccccc2)C2CCCCC2)c1. The lowest BCUT2D eigenvalue weighted by molar-refractivity contribution is -0.146. The van der Waals surface area contributed by atoms with Crippen LogP contribution in [0, 0.1) is 12.8 Å². The summed E-state index contributed by atoms with van der Waals surface area (Å²) in [5, 5.41) is 8.34. The molecule has 3 atom stereocenters. The van der Waals surface area contributed by atoms with Crippen molar-refractivity contribution in [2.45, 2.75) is 70.4 Å². The number of alkyl carbamates (subject to hydrolysis) is 1.